The molecule has 0 saturated heterocycles. The highest BCUT2D eigenvalue weighted by atomic mass is 16.6. The highest BCUT2D eigenvalue weighted by Gasteiger charge is 2.21. The maximum atomic E-state index is 11.1. The van der Waals surface area contributed by atoms with Crippen molar-refractivity contribution in [1.29, 1.82) is 0 Å². The Balaban J connectivity index is 2.04. The van der Waals surface area contributed by atoms with Crippen LogP contribution in [-0.2, 0) is 9.53 Å². The standard InChI is InChI=1S/C21H24O4/c1-15-12-19(24-11-10-21(3,4)25-16(2)23)8-9-20(15)18-7-5-6-17(13-18)14-22/h5-9,12-14H,10-11H2,1-4H3. The van der Waals surface area contributed by atoms with Crippen LogP contribution in [0.1, 0.15) is 43.1 Å². The Morgan fingerprint density at radius 3 is 2.56 bits per heavy atom. The van der Waals surface area contributed by atoms with Gasteiger partial charge in [-0.25, -0.2) is 0 Å². The lowest BCUT2D eigenvalue weighted by atomic mass is 9.99. The van der Waals surface area contributed by atoms with Crippen molar-refractivity contribution in [3.8, 4) is 16.9 Å². The Bertz CT molecular complexity index is 762. The molecule has 0 unspecified atom stereocenters. The van der Waals surface area contributed by atoms with Crippen LogP contribution in [-0.4, -0.2) is 24.5 Å². The van der Waals surface area contributed by atoms with Crippen LogP contribution in [0, 0.1) is 6.92 Å². The molecule has 2 aromatic carbocycles. The molecule has 4 heteroatoms. The molecule has 0 saturated carbocycles. The quantitative estimate of drug-likeness (QED) is 0.546. The Morgan fingerprint density at radius 2 is 1.92 bits per heavy atom. The molecule has 2 rings (SSSR count). The van der Waals surface area contributed by atoms with E-state index in [1.165, 1.54) is 6.92 Å². The second-order valence-electron chi connectivity index (χ2n) is 6.67. The SMILES string of the molecule is CC(=O)OC(C)(C)CCOc1ccc(-c2cccc(C=O)c2)c(C)c1. The Morgan fingerprint density at radius 1 is 1.16 bits per heavy atom. The summed E-state index contributed by atoms with van der Waals surface area (Å²) in [5, 5.41) is 0. The van der Waals surface area contributed by atoms with Gasteiger partial charge in [-0.3, -0.25) is 9.59 Å². The molecule has 0 aliphatic heterocycles. The summed E-state index contributed by atoms with van der Waals surface area (Å²) in [5.74, 6) is 0.481. The van der Waals surface area contributed by atoms with E-state index in [2.05, 4.69) is 0 Å². The van der Waals surface area contributed by atoms with E-state index >= 15 is 0 Å². The fourth-order valence-electron chi connectivity index (χ4n) is 2.68. The van der Waals surface area contributed by atoms with Crippen LogP contribution in [0.5, 0.6) is 5.75 Å². The number of aryl methyl sites for hydroxylation is 1. The molecule has 25 heavy (non-hydrogen) atoms. The van der Waals surface area contributed by atoms with Crippen molar-refractivity contribution < 1.29 is 19.1 Å². The van der Waals surface area contributed by atoms with Crippen LogP contribution in [0.25, 0.3) is 11.1 Å². The number of esters is 1. The molecule has 0 amide bonds. The molecule has 0 radical (unpaired) electrons. The van der Waals surface area contributed by atoms with Gasteiger partial charge in [-0.2, -0.15) is 0 Å². The first-order valence-electron chi connectivity index (χ1n) is 8.29. The highest BCUT2D eigenvalue weighted by Crippen LogP contribution is 2.27. The van der Waals surface area contributed by atoms with E-state index in [1.54, 1.807) is 6.07 Å². The summed E-state index contributed by atoms with van der Waals surface area (Å²) in [6.45, 7) is 7.61. The van der Waals surface area contributed by atoms with Crippen molar-refractivity contribution in [3.05, 3.63) is 53.6 Å². The molecule has 0 heterocycles. The molecular formula is C21H24O4. The lowest BCUT2D eigenvalue weighted by Gasteiger charge is -2.24. The number of rotatable bonds is 7. The zero-order valence-electron chi connectivity index (χ0n) is 15.2. The largest absolute Gasteiger partial charge is 0.493 e. The summed E-state index contributed by atoms with van der Waals surface area (Å²) < 4.78 is 11.0. The number of carbonyl (C=O) groups is 2. The topological polar surface area (TPSA) is 52.6 Å². The minimum Gasteiger partial charge on any atom is -0.493 e. The predicted octanol–water partition coefficient (Wildman–Crippen LogP) is 4.59. The van der Waals surface area contributed by atoms with Crippen molar-refractivity contribution in [2.75, 3.05) is 6.61 Å². The van der Waals surface area contributed by atoms with Crippen LogP contribution in [0.15, 0.2) is 42.5 Å². The number of carbonyl (C=O) groups excluding carboxylic acids is 2. The van der Waals surface area contributed by atoms with Gasteiger partial charge in [0.25, 0.3) is 0 Å². The highest BCUT2D eigenvalue weighted by molar-refractivity contribution is 5.79. The number of ether oxygens (including phenoxy) is 2. The smallest absolute Gasteiger partial charge is 0.303 e. The van der Waals surface area contributed by atoms with Gasteiger partial charge in [-0.15, -0.1) is 0 Å². The second-order valence-corrected chi connectivity index (χ2v) is 6.67. The van der Waals surface area contributed by atoms with Gasteiger partial charge in [0.05, 0.1) is 6.61 Å². The van der Waals surface area contributed by atoms with Crippen LogP contribution >= 0.6 is 0 Å². The molecule has 4 nitrogen and oxygen atoms in total. The maximum absolute atomic E-state index is 11.1. The molecule has 0 aliphatic carbocycles. The Kier molecular flexibility index (Phi) is 5.97. The van der Waals surface area contributed by atoms with E-state index in [0.29, 0.717) is 18.6 Å². The Labute approximate surface area is 148 Å². The summed E-state index contributed by atoms with van der Waals surface area (Å²) in [6.07, 6.45) is 1.45. The van der Waals surface area contributed by atoms with E-state index < -0.39 is 5.60 Å². The minimum absolute atomic E-state index is 0.289. The van der Waals surface area contributed by atoms with Crippen LogP contribution < -0.4 is 4.74 Å². The summed E-state index contributed by atoms with van der Waals surface area (Å²) in [5.41, 5.74) is 3.25. The molecule has 0 aliphatic rings. The van der Waals surface area contributed by atoms with Crippen molar-refractivity contribution in [1.82, 2.24) is 0 Å². The number of benzene rings is 2. The van der Waals surface area contributed by atoms with Gasteiger partial charge in [-0.1, -0.05) is 24.3 Å². The monoisotopic (exact) mass is 340 g/mol. The molecule has 0 aromatic heterocycles. The Hall–Kier alpha value is -2.62. The number of hydrogen-bond donors (Lipinski definition) is 0. The fraction of sp³-hybridized carbons (Fsp3) is 0.333. The molecule has 0 bridgehead atoms. The first-order valence-corrected chi connectivity index (χ1v) is 8.29. The fourth-order valence-corrected chi connectivity index (χ4v) is 2.68. The molecule has 0 N–H and O–H groups in total. The normalized spacial score (nSPS) is 11.0. The summed E-state index contributed by atoms with van der Waals surface area (Å²) in [4.78, 5) is 22.0. The number of hydrogen-bond acceptors (Lipinski definition) is 4. The molecule has 0 fully saturated rings. The summed E-state index contributed by atoms with van der Waals surface area (Å²) >= 11 is 0. The van der Waals surface area contributed by atoms with E-state index in [9.17, 15) is 9.59 Å². The lowest BCUT2D eigenvalue weighted by Crippen LogP contribution is -2.29. The molecule has 0 spiro atoms. The number of aldehydes is 1. The van der Waals surface area contributed by atoms with Gasteiger partial charge in [0, 0.05) is 18.9 Å². The van der Waals surface area contributed by atoms with E-state index in [4.69, 9.17) is 9.47 Å². The molecular weight excluding hydrogens is 316 g/mol. The summed E-state index contributed by atoms with van der Waals surface area (Å²) in [6, 6.07) is 13.4. The average Bonchev–Trinajstić information content (AvgIpc) is 2.53. The zero-order chi connectivity index (χ0) is 18.4. The van der Waals surface area contributed by atoms with Crippen LogP contribution in [0.4, 0.5) is 0 Å². The van der Waals surface area contributed by atoms with Gasteiger partial charge in [-0.05, 0) is 55.7 Å². The van der Waals surface area contributed by atoms with Crippen molar-refractivity contribution in [3.63, 3.8) is 0 Å². The minimum atomic E-state index is -0.546. The third kappa shape index (κ3) is 5.45. The average molecular weight is 340 g/mol. The predicted molar refractivity (Wildman–Crippen MR) is 98.0 cm³/mol. The van der Waals surface area contributed by atoms with Gasteiger partial charge in [0.2, 0.25) is 0 Å². The van der Waals surface area contributed by atoms with Crippen LogP contribution in [0.3, 0.4) is 0 Å². The maximum Gasteiger partial charge on any atom is 0.303 e. The molecule has 132 valence electrons. The lowest BCUT2D eigenvalue weighted by molar-refractivity contribution is -0.154. The zero-order valence-corrected chi connectivity index (χ0v) is 15.2. The third-order valence-electron chi connectivity index (χ3n) is 3.92. The van der Waals surface area contributed by atoms with E-state index in [1.807, 2.05) is 57.2 Å². The molecule has 2 aromatic rings. The van der Waals surface area contributed by atoms with Gasteiger partial charge < -0.3 is 9.47 Å². The van der Waals surface area contributed by atoms with Gasteiger partial charge in [0.1, 0.15) is 17.6 Å². The van der Waals surface area contributed by atoms with Gasteiger partial charge >= 0.3 is 5.97 Å². The summed E-state index contributed by atoms with van der Waals surface area (Å²) in [7, 11) is 0. The van der Waals surface area contributed by atoms with Crippen molar-refractivity contribution >= 4 is 12.3 Å². The first kappa shape index (κ1) is 18.7. The first-order chi connectivity index (χ1) is 11.8. The van der Waals surface area contributed by atoms with Crippen molar-refractivity contribution in [2.24, 2.45) is 0 Å². The van der Waals surface area contributed by atoms with E-state index in [0.717, 1.165) is 28.7 Å². The molecule has 0 atom stereocenters. The van der Waals surface area contributed by atoms with Crippen molar-refractivity contribution in [2.45, 2.75) is 39.7 Å². The van der Waals surface area contributed by atoms with Gasteiger partial charge in [0.15, 0.2) is 0 Å². The van der Waals surface area contributed by atoms with E-state index in [-0.39, 0.29) is 5.97 Å². The third-order valence-corrected chi connectivity index (χ3v) is 3.92. The second kappa shape index (κ2) is 7.97. The van der Waals surface area contributed by atoms with Crippen LogP contribution in [0.2, 0.25) is 0 Å².